The molecule has 0 radical (unpaired) electrons. The number of benzene rings is 1. The van der Waals surface area contributed by atoms with E-state index >= 15 is 0 Å². The van der Waals surface area contributed by atoms with Crippen LogP contribution in [0.25, 0.3) is 5.52 Å². The number of nitrogens with zero attached hydrogens (tertiary/aromatic N) is 3. The van der Waals surface area contributed by atoms with Crippen molar-refractivity contribution in [1.82, 2.24) is 14.4 Å². The zero-order chi connectivity index (χ0) is 12.5. The summed E-state index contributed by atoms with van der Waals surface area (Å²) < 4.78 is 14.0. The molecule has 2 heterocycles. The predicted octanol–water partition coefficient (Wildman–Crippen LogP) is 1.48. The zero-order valence-corrected chi connectivity index (χ0v) is 10.2. The van der Waals surface area contributed by atoms with Crippen LogP contribution in [0.2, 0.25) is 0 Å². The molecule has 0 aliphatic carbocycles. The number of fused-ring (bicyclic) bond motifs is 1. The molecule has 0 saturated carbocycles. The lowest BCUT2D eigenvalue weighted by atomic mass is 10.4. The van der Waals surface area contributed by atoms with Crippen molar-refractivity contribution in [3.63, 3.8) is 0 Å². The number of hydrogen-bond acceptors (Lipinski definition) is 4. The number of imidazole rings is 1. The summed E-state index contributed by atoms with van der Waals surface area (Å²) in [5.41, 5.74) is 6.43. The van der Waals surface area contributed by atoms with E-state index in [1.54, 1.807) is 16.7 Å². The normalized spacial score (nSPS) is 12.7. The van der Waals surface area contributed by atoms with Crippen molar-refractivity contribution in [3.05, 3.63) is 48.9 Å². The molecule has 2 aromatic heterocycles. The quantitative estimate of drug-likeness (QED) is 0.706. The van der Waals surface area contributed by atoms with Crippen LogP contribution in [0.1, 0.15) is 0 Å². The Morgan fingerprint density at radius 2 is 1.89 bits per heavy atom. The first-order valence-electron chi connectivity index (χ1n) is 5.32. The molecule has 1 atom stereocenters. The molecule has 3 aromatic rings. The number of anilines is 1. The molecule has 0 bridgehead atoms. The zero-order valence-electron chi connectivity index (χ0n) is 9.35. The van der Waals surface area contributed by atoms with E-state index in [9.17, 15) is 4.55 Å². The van der Waals surface area contributed by atoms with Crippen molar-refractivity contribution < 1.29 is 4.55 Å². The third-order valence-corrected chi connectivity index (χ3v) is 3.95. The van der Waals surface area contributed by atoms with Crippen molar-refractivity contribution in [2.45, 2.75) is 9.92 Å². The Balaban J connectivity index is 2.13. The van der Waals surface area contributed by atoms with E-state index in [0.29, 0.717) is 21.4 Å². The van der Waals surface area contributed by atoms with Crippen LogP contribution in [0.15, 0.2) is 58.8 Å². The van der Waals surface area contributed by atoms with Gasteiger partial charge >= 0.3 is 0 Å². The summed E-state index contributed by atoms with van der Waals surface area (Å²) in [4.78, 5) is 8.85. The first kappa shape index (κ1) is 11.1. The number of nitrogen functional groups attached to an aromatic ring is 1. The second-order valence-electron chi connectivity index (χ2n) is 3.69. The molecule has 0 spiro atoms. The molecule has 2 N–H and O–H groups in total. The lowest BCUT2D eigenvalue weighted by molar-refractivity contribution is 0.593. The first-order chi connectivity index (χ1) is 8.77. The second-order valence-corrected chi connectivity index (χ2v) is 5.09. The van der Waals surface area contributed by atoms with Gasteiger partial charge in [-0.3, -0.25) is 4.40 Å². The number of nitrogens with two attached hydrogens (primary N) is 1. The molecule has 0 aliphatic rings. The highest BCUT2D eigenvalue weighted by Crippen LogP contribution is 2.23. The summed E-state index contributed by atoms with van der Waals surface area (Å²) in [6.07, 6.45) is 3.12. The van der Waals surface area contributed by atoms with E-state index in [1.807, 2.05) is 30.3 Å². The van der Waals surface area contributed by atoms with Crippen molar-refractivity contribution in [1.29, 1.82) is 0 Å². The van der Waals surface area contributed by atoms with Crippen LogP contribution in [-0.2, 0) is 11.2 Å². The van der Waals surface area contributed by atoms with Gasteiger partial charge in [-0.1, -0.05) is 18.2 Å². The molecule has 18 heavy (non-hydrogen) atoms. The van der Waals surface area contributed by atoms with Crippen LogP contribution < -0.4 is 5.73 Å². The van der Waals surface area contributed by atoms with Gasteiger partial charge in [0.25, 0.3) is 5.03 Å². The van der Waals surface area contributed by atoms with Gasteiger partial charge in [0.15, 0.2) is 4.90 Å². The number of aromatic nitrogens is 3. The van der Waals surface area contributed by atoms with Gasteiger partial charge in [0.2, 0.25) is 5.95 Å². The molecule has 1 unspecified atom stereocenters. The van der Waals surface area contributed by atoms with E-state index in [2.05, 4.69) is 9.97 Å². The highest BCUT2D eigenvalue weighted by Gasteiger charge is 2.21. The largest absolute Gasteiger partial charge is 0.605 e. The minimum atomic E-state index is -1.31. The third kappa shape index (κ3) is 1.71. The summed E-state index contributed by atoms with van der Waals surface area (Å²) in [5.74, 6) is 0.330. The molecular weight excluding hydrogens is 248 g/mol. The molecule has 3 rings (SSSR count). The van der Waals surface area contributed by atoms with Crippen LogP contribution in [0, 0.1) is 0 Å². The molecule has 90 valence electrons. The van der Waals surface area contributed by atoms with Gasteiger partial charge in [-0.15, -0.1) is 0 Å². The molecule has 0 saturated heterocycles. The lowest BCUT2D eigenvalue weighted by Gasteiger charge is -2.07. The van der Waals surface area contributed by atoms with E-state index < -0.39 is 11.2 Å². The lowest BCUT2D eigenvalue weighted by Crippen LogP contribution is -2.04. The SMILES string of the molecule is Nc1nccc2c([S+]([O-])c3ccccc3)ncn12. The Kier molecular flexibility index (Phi) is 2.66. The summed E-state index contributed by atoms with van der Waals surface area (Å²) in [6.45, 7) is 0. The van der Waals surface area contributed by atoms with Crippen molar-refractivity contribution >= 4 is 22.6 Å². The Bertz CT molecular complexity index is 683. The van der Waals surface area contributed by atoms with Gasteiger partial charge in [-0.05, 0) is 18.2 Å². The monoisotopic (exact) mass is 258 g/mol. The van der Waals surface area contributed by atoms with Crippen LogP contribution in [0.5, 0.6) is 0 Å². The van der Waals surface area contributed by atoms with Crippen LogP contribution in [0.4, 0.5) is 5.95 Å². The Morgan fingerprint density at radius 3 is 2.67 bits per heavy atom. The highest BCUT2D eigenvalue weighted by molar-refractivity contribution is 7.91. The fraction of sp³-hybridized carbons (Fsp3) is 0. The standard InChI is InChI=1S/C12H10N4OS/c13-12-14-7-6-10-11(15-8-16(10)12)18(17)9-4-2-1-3-5-9/h1-8H,(H2,13,14). The topological polar surface area (TPSA) is 79.3 Å². The Morgan fingerprint density at radius 1 is 1.11 bits per heavy atom. The molecule has 5 nitrogen and oxygen atoms in total. The number of rotatable bonds is 2. The molecule has 0 aliphatic heterocycles. The molecule has 0 fully saturated rings. The maximum Gasteiger partial charge on any atom is 0.276 e. The van der Waals surface area contributed by atoms with Gasteiger partial charge < -0.3 is 10.3 Å². The molecule has 0 amide bonds. The number of hydrogen-bond donors (Lipinski definition) is 1. The van der Waals surface area contributed by atoms with Crippen molar-refractivity contribution in [2.24, 2.45) is 0 Å². The minimum Gasteiger partial charge on any atom is -0.605 e. The van der Waals surface area contributed by atoms with Crippen molar-refractivity contribution in [2.75, 3.05) is 5.73 Å². The van der Waals surface area contributed by atoms with Gasteiger partial charge in [-0.2, -0.15) is 4.98 Å². The van der Waals surface area contributed by atoms with Gasteiger partial charge in [0, 0.05) is 17.4 Å². The summed E-state index contributed by atoms with van der Waals surface area (Å²) in [5, 5.41) is 0.496. The molecule has 1 aromatic carbocycles. The summed E-state index contributed by atoms with van der Waals surface area (Å²) >= 11 is -1.31. The average Bonchev–Trinajstić information content (AvgIpc) is 2.84. The van der Waals surface area contributed by atoms with Gasteiger partial charge in [0.1, 0.15) is 11.8 Å². The van der Waals surface area contributed by atoms with E-state index in [1.165, 1.54) is 6.33 Å². The molecule has 6 heteroatoms. The smallest absolute Gasteiger partial charge is 0.276 e. The Hall–Kier alpha value is -2.05. The van der Waals surface area contributed by atoms with E-state index in [0.717, 1.165) is 0 Å². The van der Waals surface area contributed by atoms with Crippen molar-refractivity contribution in [3.8, 4) is 0 Å². The van der Waals surface area contributed by atoms with Gasteiger partial charge in [0.05, 0.1) is 0 Å². The van der Waals surface area contributed by atoms with Crippen LogP contribution in [-0.4, -0.2) is 18.9 Å². The van der Waals surface area contributed by atoms with E-state index in [4.69, 9.17) is 5.73 Å². The fourth-order valence-corrected chi connectivity index (χ4v) is 2.85. The minimum absolute atomic E-state index is 0.330. The van der Waals surface area contributed by atoms with Gasteiger partial charge in [-0.25, -0.2) is 4.98 Å². The third-order valence-electron chi connectivity index (χ3n) is 2.59. The highest BCUT2D eigenvalue weighted by atomic mass is 32.2. The average molecular weight is 258 g/mol. The molecular formula is C12H10N4OS. The summed E-state index contributed by atoms with van der Waals surface area (Å²) in [7, 11) is 0. The first-order valence-corrected chi connectivity index (χ1v) is 6.47. The maximum absolute atomic E-state index is 12.4. The van der Waals surface area contributed by atoms with Crippen LogP contribution >= 0.6 is 0 Å². The summed E-state index contributed by atoms with van der Waals surface area (Å²) in [6, 6.07) is 11.0. The van der Waals surface area contributed by atoms with Crippen LogP contribution in [0.3, 0.4) is 0 Å². The predicted molar refractivity (Wildman–Crippen MR) is 68.5 cm³/mol. The fourth-order valence-electron chi connectivity index (χ4n) is 1.72. The Labute approximate surface area is 106 Å². The van der Waals surface area contributed by atoms with E-state index in [-0.39, 0.29) is 0 Å². The maximum atomic E-state index is 12.4. The second kappa shape index (κ2) is 4.32.